The van der Waals surface area contributed by atoms with E-state index in [1.807, 2.05) is 51.1 Å². The highest BCUT2D eigenvalue weighted by molar-refractivity contribution is 5.93. The molecule has 8 nitrogen and oxygen atoms in total. The van der Waals surface area contributed by atoms with Crippen molar-refractivity contribution in [1.82, 2.24) is 20.9 Å². The predicted molar refractivity (Wildman–Crippen MR) is 123 cm³/mol. The molecule has 1 aromatic rings. The first-order valence-electron chi connectivity index (χ1n) is 11.3. The van der Waals surface area contributed by atoms with Crippen LogP contribution < -0.4 is 16.0 Å². The number of nitrogens with one attached hydrogen (secondary N) is 3. The minimum atomic E-state index is -0.791. The Kier molecular flexibility index (Phi) is 9.68. The van der Waals surface area contributed by atoms with Crippen molar-refractivity contribution in [3.63, 3.8) is 0 Å². The van der Waals surface area contributed by atoms with Crippen molar-refractivity contribution in [3.8, 4) is 0 Å². The highest BCUT2D eigenvalue weighted by Gasteiger charge is 2.28. The van der Waals surface area contributed by atoms with Crippen LogP contribution in [0.2, 0.25) is 0 Å². The molecule has 0 saturated carbocycles. The molecule has 8 heteroatoms. The SMILES string of the molecule is CC(C)C[C@@H]1NC(=O)CN(C)C(=O)CC[C@H](C)CNC(=O)[C@H](Cc2ccccc2)NC1=O. The average Bonchev–Trinajstić information content (AvgIpc) is 2.74. The molecule has 0 unspecified atom stereocenters. The van der Waals surface area contributed by atoms with E-state index in [0.717, 1.165) is 5.56 Å². The van der Waals surface area contributed by atoms with Crippen LogP contribution in [0.4, 0.5) is 0 Å². The summed E-state index contributed by atoms with van der Waals surface area (Å²) in [7, 11) is 1.58. The van der Waals surface area contributed by atoms with E-state index >= 15 is 0 Å². The molecule has 0 aromatic heterocycles. The fraction of sp³-hybridized carbons (Fsp3) is 0.583. The first-order valence-corrected chi connectivity index (χ1v) is 11.3. The van der Waals surface area contributed by atoms with Crippen molar-refractivity contribution < 1.29 is 19.2 Å². The van der Waals surface area contributed by atoms with E-state index in [4.69, 9.17) is 0 Å². The van der Waals surface area contributed by atoms with Crippen LogP contribution in [0.1, 0.15) is 45.6 Å². The van der Waals surface area contributed by atoms with Gasteiger partial charge in [-0.1, -0.05) is 51.1 Å². The standard InChI is InChI=1S/C24H36N4O4/c1-16(2)12-19-24(32)27-20(13-18-8-6-5-7-9-18)23(31)25-14-17(3)10-11-22(30)28(4)15-21(29)26-19/h5-9,16-17,19-20H,10-15H2,1-4H3,(H,25,31)(H,26,29)(H,27,32)/t17-,19-,20-/m0/s1. The molecule has 0 bridgehead atoms. The van der Waals surface area contributed by atoms with Gasteiger partial charge >= 0.3 is 0 Å². The molecule has 1 saturated heterocycles. The molecule has 3 N–H and O–H groups in total. The normalized spacial score (nSPS) is 24.3. The van der Waals surface area contributed by atoms with Gasteiger partial charge in [-0.25, -0.2) is 0 Å². The maximum Gasteiger partial charge on any atom is 0.243 e. The zero-order valence-corrected chi connectivity index (χ0v) is 19.5. The Morgan fingerprint density at radius 1 is 1.00 bits per heavy atom. The number of benzene rings is 1. The molecule has 1 fully saturated rings. The van der Waals surface area contributed by atoms with Crippen LogP contribution in [0, 0.1) is 11.8 Å². The summed E-state index contributed by atoms with van der Waals surface area (Å²) >= 11 is 0. The van der Waals surface area contributed by atoms with Crippen molar-refractivity contribution in [3.05, 3.63) is 35.9 Å². The van der Waals surface area contributed by atoms with Crippen molar-refractivity contribution >= 4 is 23.6 Å². The third kappa shape index (κ3) is 8.32. The lowest BCUT2D eigenvalue weighted by Crippen LogP contribution is -2.55. The van der Waals surface area contributed by atoms with E-state index in [1.165, 1.54) is 4.90 Å². The summed E-state index contributed by atoms with van der Waals surface area (Å²) in [6.45, 7) is 6.17. The minimum Gasteiger partial charge on any atom is -0.354 e. The average molecular weight is 445 g/mol. The van der Waals surface area contributed by atoms with Gasteiger partial charge in [-0.3, -0.25) is 19.2 Å². The summed E-state index contributed by atoms with van der Waals surface area (Å²) < 4.78 is 0. The van der Waals surface area contributed by atoms with Crippen molar-refractivity contribution in [1.29, 1.82) is 0 Å². The van der Waals surface area contributed by atoms with Gasteiger partial charge in [-0.05, 0) is 30.2 Å². The first-order chi connectivity index (χ1) is 15.2. The molecule has 0 aliphatic carbocycles. The van der Waals surface area contributed by atoms with Crippen LogP contribution in [0.5, 0.6) is 0 Å². The summed E-state index contributed by atoms with van der Waals surface area (Å²) in [6, 6.07) is 7.93. The molecule has 0 spiro atoms. The van der Waals surface area contributed by atoms with Gasteiger partial charge in [0.25, 0.3) is 0 Å². The fourth-order valence-electron chi connectivity index (χ4n) is 3.64. The van der Waals surface area contributed by atoms with Crippen LogP contribution in [0.15, 0.2) is 30.3 Å². The maximum absolute atomic E-state index is 13.1. The molecule has 2 rings (SSSR count). The summed E-state index contributed by atoms with van der Waals surface area (Å²) in [5, 5.41) is 8.52. The van der Waals surface area contributed by atoms with E-state index in [0.29, 0.717) is 32.2 Å². The van der Waals surface area contributed by atoms with Gasteiger partial charge in [0.05, 0.1) is 6.54 Å². The van der Waals surface area contributed by atoms with Crippen molar-refractivity contribution in [2.24, 2.45) is 11.8 Å². The van der Waals surface area contributed by atoms with Gasteiger partial charge in [-0.15, -0.1) is 0 Å². The lowest BCUT2D eigenvalue weighted by Gasteiger charge is -2.25. The smallest absolute Gasteiger partial charge is 0.243 e. The lowest BCUT2D eigenvalue weighted by molar-refractivity contribution is -0.136. The Balaban J connectivity index is 2.27. The number of nitrogens with zero attached hydrogens (tertiary/aromatic N) is 1. The summed E-state index contributed by atoms with van der Waals surface area (Å²) in [5.41, 5.74) is 0.926. The van der Waals surface area contributed by atoms with E-state index in [2.05, 4.69) is 16.0 Å². The molecule has 1 aliphatic rings. The van der Waals surface area contributed by atoms with E-state index < -0.39 is 23.9 Å². The van der Waals surface area contributed by atoms with Crippen molar-refractivity contribution in [2.45, 2.75) is 58.5 Å². The second-order valence-corrected chi connectivity index (χ2v) is 9.14. The molecule has 4 amide bonds. The molecule has 1 aliphatic heterocycles. The summed E-state index contributed by atoms with van der Waals surface area (Å²) in [4.78, 5) is 52.4. The fourth-order valence-corrected chi connectivity index (χ4v) is 3.64. The first kappa shape index (κ1) is 25.4. The zero-order valence-electron chi connectivity index (χ0n) is 19.5. The molecule has 3 atom stereocenters. The predicted octanol–water partition coefficient (Wildman–Crippen LogP) is 1.25. The Labute approximate surface area is 190 Å². The van der Waals surface area contributed by atoms with Crippen LogP contribution in [0.3, 0.4) is 0 Å². The Bertz CT molecular complexity index is 796. The van der Waals surface area contributed by atoms with Gasteiger partial charge < -0.3 is 20.9 Å². The quantitative estimate of drug-likeness (QED) is 0.650. The largest absolute Gasteiger partial charge is 0.354 e. The Hall–Kier alpha value is -2.90. The number of carbonyl (C=O) groups is 4. The van der Waals surface area contributed by atoms with E-state index in [-0.39, 0.29) is 30.2 Å². The summed E-state index contributed by atoms with van der Waals surface area (Å²) in [5.74, 6) is -0.984. The highest BCUT2D eigenvalue weighted by atomic mass is 16.2. The number of hydrogen-bond acceptors (Lipinski definition) is 4. The second-order valence-electron chi connectivity index (χ2n) is 9.14. The molecule has 0 radical (unpaired) electrons. The minimum absolute atomic E-state index is 0.0806. The van der Waals surface area contributed by atoms with Gasteiger partial charge in [-0.2, -0.15) is 0 Å². The van der Waals surface area contributed by atoms with E-state index in [9.17, 15) is 19.2 Å². The number of likely N-dealkylation sites (N-methyl/N-ethyl adjacent to an activating group) is 1. The Morgan fingerprint density at radius 2 is 1.69 bits per heavy atom. The molecule has 1 heterocycles. The van der Waals surface area contributed by atoms with Crippen LogP contribution >= 0.6 is 0 Å². The number of hydrogen-bond donors (Lipinski definition) is 3. The molecular formula is C24H36N4O4. The highest BCUT2D eigenvalue weighted by Crippen LogP contribution is 2.10. The number of carbonyl (C=O) groups excluding carboxylic acids is 4. The zero-order chi connectivity index (χ0) is 23.7. The number of rotatable bonds is 4. The lowest BCUT2D eigenvalue weighted by atomic mass is 10.0. The number of amides is 4. The molecule has 176 valence electrons. The van der Waals surface area contributed by atoms with Gasteiger partial charge in [0, 0.05) is 26.4 Å². The third-order valence-corrected chi connectivity index (χ3v) is 5.56. The van der Waals surface area contributed by atoms with Crippen molar-refractivity contribution in [2.75, 3.05) is 20.1 Å². The Morgan fingerprint density at radius 3 is 2.34 bits per heavy atom. The molecule has 32 heavy (non-hydrogen) atoms. The topological polar surface area (TPSA) is 108 Å². The van der Waals surface area contributed by atoms with Gasteiger partial charge in [0.1, 0.15) is 12.1 Å². The maximum atomic E-state index is 13.1. The van der Waals surface area contributed by atoms with Crippen LogP contribution in [-0.2, 0) is 25.6 Å². The van der Waals surface area contributed by atoms with Gasteiger partial charge in [0.15, 0.2) is 0 Å². The monoisotopic (exact) mass is 444 g/mol. The third-order valence-electron chi connectivity index (χ3n) is 5.56. The van der Waals surface area contributed by atoms with Crippen LogP contribution in [-0.4, -0.2) is 60.7 Å². The van der Waals surface area contributed by atoms with Gasteiger partial charge in [0.2, 0.25) is 23.6 Å². The van der Waals surface area contributed by atoms with E-state index in [1.54, 1.807) is 7.05 Å². The molecular weight excluding hydrogens is 408 g/mol. The summed E-state index contributed by atoms with van der Waals surface area (Å²) in [6.07, 6.45) is 1.65. The molecule has 1 aromatic carbocycles. The second kappa shape index (κ2) is 12.2. The van der Waals surface area contributed by atoms with Crippen LogP contribution in [0.25, 0.3) is 0 Å².